The number of nitrogens with two attached hydrogens (primary N) is 1. The van der Waals surface area contributed by atoms with Crippen molar-refractivity contribution >= 4 is 5.84 Å². The third-order valence-corrected chi connectivity index (χ3v) is 2.08. The summed E-state index contributed by atoms with van der Waals surface area (Å²) in [4.78, 5) is 0. The lowest BCUT2D eigenvalue weighted by molar-refractivity contribution is 0.938. The van der Waals surface area contributed by atoms with Crippen LogP contribution in [0.1, 0.15) is 6.42 Å². The third-order valence-electron chi connectivity index (χ3n) is 2.08. The summed E-state index contributed by atoms with van der Waals surface area (Å²) >= 11 is 0. The van der Waals surface area contributed by atoms with E-state index in [0.29, 0.717) is 5.84 Å². The van der Waals surface area contributed by atoms with E-state index in [1.807, 2.05) is 18.2 Å². The zero-order valence-corrected chi connectivity index (χ0v) is 5.02. The van der Waals surface area contributed by atoms with Crippen LogP contribution in [0.3, 0.4) is 0 Å². The van der Waals surface area contributed by atoms with Crippen LogP contribution in [0, 0.1) is 10.8 Å². The largest absolute Gasteiger partial charge is 0.387 e. The fourth-order valence-electron chi connectivity index (χ4n) is 1.32. The lowest BCUT2D eigenvalue weighted by atomic mass is 10.1. The highest BCUT2D eigenvalue weighted by Gasteiger charge is 2.51. The smallest absolute Gasteiger partial charge is 0.105 e. The van der Waals surface area contributed by atoms with Gasteiger partial charge in [-0.2, -0.15) is 0 Å². The molecule has 0 aromatic rings. The van der Waals surface area contributed by atoms with Crippen molar-refractivity contribution in [3.8, 4) is 0 Å². The molecule has 2 heteroatoms. The van der Waals surface area contributed by atoms with Crippen molar-refractivity contribution in [2.75, 3.05) is 0 Å². The molecule has 1 saturated carbocycles. The van der Waals surface area contributed by atoms with Crippen LogP contribution in [0.25, 0.3) is 0 Å². The molecule has 0 aromatic heterocycles. The molecule has 1 unspecified atom stereocenters. The zero-order chi connectivity index (χ0) is 6.48. The van der Waals surface area contributed by atoms with Gasteiger partial charge in [0.25, 0.3) is 0 Å². The number of hydrogen-bond acceptors (Lipinski definition) is 1. The minimum atomic E-state index is -0.0972. The minimum absolute atomic E-state index is 0.0972. The molecule has 0 aromatic carbocycles. The highest BCUT2D eigenvalue weighted by atomic mass is 14.8. The monoisotopic (exact) mass is 120 g/mol. The summed E-state index contributed by atoms with van der Waals surface area (Å²) in [6.45, 7) is 0. The summed E-state index contributed by atoms with van der Waals surface area (Å²) in [5, 5.41) is 7.22. The number of rotatable bonds is 1. The second kappa shape index (κ2) is 1.10. The van der Waals surface area contributed by atoms with E-state index >= 15 is 0 Å². The summed E-state index contributed by atoms with van der Waals surface area (Å²) in [6.07, 6.45) is 7.01. The first-order valence-corrected chi connectivity index (χ1v) is 2.99. The molecule has 46 valence electrons. The molecule has 3 N–H and O–H groups in total. The van der Waals surface area contributed by atoms with Gasteiger partial charge in [0, 0.05) is 0 Å². The predicted octanol–water partition coefficient (Wildman–Crippen LogP) is 0.809. The second-order valence-corrected chi connectivity index (χ2v) is 2.61. The molecular weight excluding hydrogens is 112 g/mol. The van der Waals surface area contributed by atoms with Gasteiger partial charge >= 0.3 is 0 Å². The quantitative estimate of drug-likeness (QED) is 0.390. The summed E-state index contributed by atoms with van der Waals surface area (Å²) in [5.74, 6) is 0.294. The van der Waals surface area contributed by atoms with E-state index in [4.69, 9.17) is 11.1 Å². The van der Waals surface area contributed by atoms with Gasteiger partial charge in [0.1, 0.15) is 5.84 Å². The van der Waals surface area contributed by atoms with Crippen molar-refractivity contribution < 1.29 is 0 Å². The van der Waals surface area contributed by atoms with Crippen LogP contribution in [-0.2, 0) is 0 Å². The Hall–Kier alpha value is -1.05. The maximum Gasteiger partial charge on any atom is 0.105 e. The zero-order valence-electron chi connectivity index (χ0n) is 5.02. The Labute approximate surface area is 53.6 Å². The van der Waals surface area contributed by atoms with Crippen LogP contribution in [-0.4, -0.2) is 5.84 Å². The van der Waals surface area contributed by atoms with Crippen molar-refractivity contribution in [2.45, 2.75) is 6.42 Å². The van der Waals surface area contributed by atoms with Gasteiger partial charge in [0.05, 0.1) is 5.41 Å². The highest BCUT2D eigenvalue weighted by molar-refractivity contribution is 5.95. The van der Waals surface area contributed by atoms with Gasteiger partial charge in [-0.05, 0) is 6.42 Å². The molecule has 2 aliphatic rings. The van der Waals surface area contributed by atoms with Crippen LogP contribution in [0.15, 0.2) is 23.8 Å². The average molecular weight is 120 g/mol. The molecule has 1 atom stereocenters. The molecule has 0 saturated heterocycles. The first-order valence-electron chi connectivity index (χ1n) is 2.99. The number of hydrogen-bond donors (Lipinski definition) is 2. The molecule has 0 bridgehead atoms. The molecule has 0 spiro atoms. The number of amidine groups is 1. The maximum atomic E-state index is 7.22. The van der Waals surface area contributed by atoms with Crippen LogP contribution < -0.4 is 5.73 Å². The Morgan fingerprint density at radius 1 is 1.78 bits per heavy atom. The minimum Gasteiger partial charge on any atom is -0.387 e. The van der Waals surface area contributed by atoms with Gasteiger partial charge in [-0.15, -0.1) is 0 Å². The van der Waals surface area contributed by atoms with E-state index in [-0.39, 0.29) is 5.41 Å². The van der Waals surface area contributed by atoms with E-state index in [1.54, 1.807) is 0 Å². The molecule has 1 fully saturated rings. The molecule has 0 heterocycles. The Morgan fingerprint density at radius 2 is 2.56 bits per heavy atom. The fourth-order valence-corrected chi connectivity index (χ4v) is 1.32. The molecule has 0 aliphatic heterocycles. The fraction of sp³-hybridized carbons (Fsp3) is 0.286. The van der Waals surface area contributed by atoms with E-state index in [0.717, 1.165) is 6.42 Å². The lowest BCUT2D eigenvalue weighted by Gasteiger charge is -2.01. The SMILES string of the molecule is N=C(N)C12C=CC=C1C2. The van der Waals surface area contributed by atoms with Crippen molar-refractivity contribution in [3.63, 3.8) is 0 Å². The first-order chi connectivity index (χ1) is 4.26. The average Bonchev–Trinajstić information content (AvgIpc) is 2.38. The molecule has 2 nitrogen and oxygen atoms in total. The summed E-state index contributed by atoms with van der Waals surface area (Å²) in [6, 6.07) is 0. The Kier molecular flexibility index (Phi) is 0.586. The molecule has 9 heavy (non-hydrogen) atoms. The van der Waals surface area contributed by atoms with Crippen molar-refractivity contribution in [1.29, 1.82) is 5.41 Å². The molecule has 0 amide bonds. The van der Waals surface area contributed by atoms with E-state index in [9.17, 15) is 0 Å². The standard InChI is InChI=1S/C7H8N2/c8-6(9)7-3-1-2-5(7)4-7/h1-3H,4H2,(H3,8,9). The topological polar surface area (TPSA) is 49.9 Å². The predicted molar refractivity (Wildman–Crippen MR) is 36.2 cm³/mol. The van der Waals surface area contributed by atoms with Crippen LogP contribution in [0.2, 0.25) is 0 Å². The van der Waals surface area contributed by atoms with E-state index in [1.165, 1.54) is 5.57 Å². The second-order valence-electron chi connectivity index (χ2n) is 2.61. The van der Waals surface area contributed by atoms with Gasteiger partial charge in [-0.25, -0.2) is 0 Å². The Morgan fingerprint density at radius 3 is 2.78 bits per heavy atom. The Bertz CT molecular complexity index is 237. The van der Waals surface area contributed by atoms with Crippen LogP contribution >= 0.6 is 0 Å². The van der Waals surface area contributed by atoms with Crippen LogP contribution in [0.4, 0.5) is 0 Å². The normalized spacial score (nSPS) is 35.8. The highest BCUT2D eigenvalue weighted by Crippen LogP contribution is 2.55. The van der Waals surface area contributed by atoms with E-state index in [2.05, 4.69) is 0 Å². The summed E-state index contributed by atoms with van der Waals surface area (Å²) in [7, 11) is 0. The molecule has 2 aliphatic carbocycles. The molecular formula is C7H8N2. The number of allylic oxidation sites excluding steroid dienone is 2. The van der Waals surface area contributed by atoms with Gasteiger partial charge in [-0.1, -0.05) is 23.8 Å². The number of fused-ring (bicyclic) bond motifs is 1. The third kappa shape index (κ3) is 0.388. The van der Waals surface area contributed by atoms with Gasteiger partial charge in [0.15, 0.2) is 0 Å². The van der Waals surface area contributed by atoms with Crippen molar-refractivity contribution in [3.05, 3.63) is 23.8 Å². The maximum absolute atomic E-state index is 7.22. The Balaban J connectivity index is 2.41. The van der Waals surface area contributed by atoms with Gasteiger partial charge in [-0.3, -0.25) is 5.41 Å². The summed E-state index contributed by atoms with van der Waals surface area (Å²) in [5.41, 5.74) is 6.57. The lowest BCUT2D eigenvalue weighted by Crippen LogP contribution is -2.21. The first kappa shape index (κ1) is 4.79. The molecule has 2 rings (SSSR count). The van der Waals surface area contributed by atoms with Gasteiger partial charge < -0.3 is 5.73 Å². The molecule has 0 radical (unpaired) electrons. The van der Waals surface area contributed by atoms with E-state index < -0.39 is 0 Å². The van der Waals surface area contributed by atoms with Gasteiger partial charge in [0.2, 0.25) is 0 Å². The van der Waals surface area contributed by atoms with Crippen LogP contribution in [0.5, 0.6) is 0 Å². The number of nitrogens with one attached hydrogen (secondary N) is 1. The summed E-state index contributed by atoms with van der Waals surface area (Å²) < 4.78 is 0. The van der Waals surface area contributed by atoms with Crippen molar-refractivity contribution in [1.82, 2.24) is 0 Å². The van der Waals surface area contributed by atoms with Crippen molar-refractivity contribution in [2.24, 2.45) is 11.1 Å².